The highest BCUT2D eigenvalue weighted by Gasteiger charge is 2.38. The number of nitrogens with zero attached hydrogens (tertiary/aromatic N) is 1. The SMILES string of the molecule is CCC1(CC)CN(CCC(C)N)C1. The van der Waals surface area contributed by atoms with Crippen molar-refractivity contribution < 1.29 is 0 Å². The van der Waals surface area contributed by atoms with Crippen molar-refractivity contribution >= 4 is 0 Å². The number of hydrogen-bond acceptors (Lipinski definition) is 2. The fourth-order valence-corrected chi connectivity index (χ4v) is 2.14. The summed E-state index contributed by atoms with van der Waals surface area (Å²) in [7, 11) is 0. The molecule has 0 amide bonds. The van der Waals surface area contributed by atoms with Crippen LogP contribution >= 0.6 is 0 Å². The first-order chi connectivity index (χ1) is 6.12. The molecule has 0 spiro atoms. The molecule has 1 rings (SSSR count). The molecule has 1 unspecified atom stereocenters. The molecule has 1 saturated heterocycles. The van der Waals surface area contributed by atoms with E-state index in [1.807, 2.05) is 0 Å². The minimum absolute atomic E-state index is 0.359. The van der Waals surface area contributed by atoms with Crippen LogP contribution in [-0.4, -0.2) is 30.6 Å². The van der Waals surface area contributed by atoms with E-state index in [-0.39, 0.29) is 0 Å². The summed E-state index contributed by atoms with van der Waals surface area (Å²) in [5, 5.41) is 0. The fraction of sp³-hybridized carbons (Fsp3) is 1.00. The number of hydrogen-bond donors (Lipinski definition) is 1. The second kappa shape index (κ2) is 4.43. The average molecular weight is 184 g/mol. The molecule has 0 radical (unpaired) electrons. The van der Waals surface area contributed by atoms with Gasteiger partial charge in [0.1, 0.15) is 0 Å². The molecule has 1 heterocycles. The molecule has 1 fully saturated rings. The van der Waals surface area contributed by atoms with Crippen molar-refractivity contribution in [3.8, 4) is 0 Å². The summed E-state index contributed by atoms with van der Waals surface area (Å²) in [4.78, 5) is 2.54. The minimum atomic E-state index is 0.359. The third-order valence-electron chi connectivity index (χ3n) is 3.52. The number of nitrogens with two attached hydrogens (primary N) is 1. The Bertz CT molecular complexity index is 142. The number of rotatable bonds is 5. The van der Waals surface area contributed by atoms with Crippen LogP contribution in [-0.2, 0) is 0 Å². The van der Waals surface area contributed by atoms with Gasteiger partial charge in [-0.1, -0.05) is 13.8 Å². The van der Waals surface area contributed by atoms with Crippen LogP contribution in [0.15, 0.2) is 0 Å². The maximum atomic E-state index is 5.73. The first-order valence-corrected chi connectivity index (χ1v) is 5.60. The van der Waals surface area contributed by atoms with E-state index in [4.69, 9.17) is 5.73 Å². The maximum absolute atomic E-state index is 5.73. The fourth-order valence-electron chi connectivity index (χ4n) is 2.14. The van der Waals surface area contributed by atoms with Gasteiger partial charge in [-0.3, -0.25) is 0 Å². The van der Waals surface area contributed by atoms with Crippen molar-refractivity contribution in [1.82, 2.24) is 4.90 Å². The summed E-state index contributed by atoms with van der Waals surface area (Å²) in [5.74, 6) is 0. The van der Waals surface area contributed by atoms with E-state index >= 15 is 0 Å². The van der Waals surface area contributed by atoms with Crippen LogP contribution in [0.3, 0.4) is 0 Å². The molecule has 0 aromatic heterocycles. The summed E-state index contributed by atoms with van der Waals surface area (Å²) >= 11 is 0. The third kappa shape index (κ3) is 2.68. The third-order valence-corrected chi connectivity index (χ3v) is 3.52. The second-order valence-electron chi connectivity index (χ2n) is 4.68. The molecular weight excluding hydrogens is 160 g/mol. The highest BCUT2D eigenvalue weighted by Crippen LogP contribution is 2.36. The monoisotopic (exact) mass is 184 g/mol. The predicted molar refractivity (Wildman–Crippen MR) is 57.7 cm³/mol. The second-order valence-corrected chi connectivity index (χ2v) is 4.68. The molecule has 0 aromatic carbocycles. The van der Waals surface area contributed by atoms with Crippen LogP contribution in [0.2, 0.25) is 0 Å². The first kappa shape index (κ1) is 11.0. The molecule has 2 nitrogen and oxygen atoms in total. The van der Waals surface area contributed by atoms with Gasteiger partial charge >= 0.3 is 0 Å². The van der Waals surface area contributed by atoms with Gasteiger partial charge in [0.25, 0.3) is 0 Å². The van der Waals surface area contributed by atoms with E-state index in [1.54, 1.807) is 0 Å². The largest absolute Gasteiger partial charge is 0.328 e. The van der Waals surface area contributed by atoms with Gasteiger partial charge < -0.3 is 10.6 Å². The van der Waals surface area contributed by atoms with Crippen molar-refractivity contribution in [2.75, 3.05) is 19.6 Å². The zero-order valence-corrected chi connectivity index (χ0v) is 9.34. The van der Waals surface area contributed by atoms with Gasteiger partial charge in [0.15, 0.2) is 0 Å². The van der Waals surface area contributed by atoms with Crippen LogP contribution < -0.4 is 5.73 Å². The van der Waals surface area contributed by atoms with Gasteiger partial charge in [-0.25, -0.2) is 0 Å². The van der Waals surface area contributed by atoms with E-state index in [1.165, 1.54) is 32.5 Å². The molecule has 1 aliphatic rings. The lowest BCUT2D eigenvalue weighted by atomic mass is 9.75. The molecule has 0 saturated carbocycles. The Morgan fingerprint density at radius 2 is 1.85 bits per heavy atom. The molecule has 1 aliphatic heterocycles. The van der Waals surface area contributed by atoms with Gasteiger partial charge in [-0.15, -0.1) is 0 Å². The Morgan fingerprint density at radius 3 is 2.23 bits per heavy atom. The quantitative estimate of drug-likeness (QED) is 0.706. The summed E-state index contributed by atoms with van der Waals surface area (Å²) in [6.07, 6.45) is 3.81. The summed E-state index contributed by atoms with van der Waals surface area (Å²) in [5.41, 5.74) is 6.38. The van der Waals surface area contributed by atoms with Crippen molar-refractivity contribution in [1.29, 1.82) is 0 Å². The zero-order valence-electron chi connectivity index (χ0n) is 9.34. The molecule has 78 valence electrons. The average Bonchev–Trinajstić information content (AvgIpc) is 2.03. The molecule has 0 aliphatic carbocycles. The Hall–Kier alpha value is -0.0800. The van der Waals surface area contributed by atoms with Gasteiger partial charge in [0, 0.05) is 19.1 Å². The lowest BCUT2D eigenvalue weighted by Crippen LogP contribution is -2.56. The van der Waals surface area contributed by atoms with Crippen LogP contribution in [0.1, 0.15) is 40.0 Å². The van der Waals surface area contributed by atoms with E-state index < -0.39 is 0 Å². The molecule has 0 aromatic rings. The lowest BCUT2D eigenvalue weighted by Gasteiger charge is -2.50. The van der Waals surface area contributed by atoms with E-state index in [9.17, 15) is 0 Å². The molecule has 2 heteroatoms. The molecule has 1 atom stereocenters. The molecular formula is C11H24N2. The van der Waals surface area contributed by atoms with Crippen molar-refractivity contribution in [3.05, 3.63) is 0 Å². The topological polar surface area (TPSA) is 29.3 Å². The van der Waals surface area contributed by atoms with Crippen molar-refractivity contribution in [2.45, 2.75) is 46.1 Å². The minimum Gasteiger partial charge on any atom is -0.328 e. The Morgan fingerprint density at radius 1 is 1.31 bits per heavy atom. The molecule has 0 bridgehead atoms. The summed E-state index contributed by atoms with van der Waals surface area (Å²) in [6.45, 7) is 10.5. The smallest absolute Gasteiger partial charge is 0.00503 e. The Labute approximate surface area is 82.5 Å². The zero-order chi connectivity index (χ0) is 9.90. The normalized spacial score (nSPS) is 24.0. The van der Waals surface area contributed by atoms with Gasteiger partial charge in [-0.05, 0) is 38.1 Å². The van der Waals surface area contributed by atoms with Gasteiger partial charge in [-0.2, -0.15) is 0 Å². The van der Waals surface area contributed by atoms with Crippen molar-refractivity contribution in [3.63, 3.8) is 0 Å². The Kier molecular flexibility index (Phi) is 3.74. The number of likely N-dealkylation sites (tertiary alicyclic amines) is 1. The van der Waals surface area contributed by atoms with Crippen LogP contribution in [0.4, 0.5) is 0 Å². The molecule has 13 heavy (non-hydrogen) atoms. The van der Waals surface area contributed by atoms with Crippen LogP contribution in [0.25, 0.3) is 0 Å². The first-order valence-electron chi connectivity index (χ1n) is 5.60. The van der Waals surface area contributed by atoms with Crippen LogP contribution in [0.5, 0.6) is 0 Å². The van der Waals surface area contributed by atoms with Gasteiger partial charge in [0.2, 0.25) is 0 Å². The predicted octanol–water partition coefficient (Wildman–Crippen LogP) is 1.85. The van der Waals surface area contributed by atoms with E-state index in [0.29, 0.717) is 11.5 Å². The summed E-state index contributed by atoms with van der Waals surface area (Å²) in [6, 6.07) is 0.359. The highest BCUT2D eigenvalue weighted by atomic mass is 15.2. The Balaban J connectivity index is 2.16. The highest BCUT2D eigenvalue weighted by molar-refractivity contribution is 4.92. The van der Waals surface area contributed by atoms with E-state index in [2.05, 4.69) is 25.7 Å². The standard InChI is InChI=1S/C11H24N2/c1-4-11(5-2)8-13(9-11)7-6-10(3)12/h10H,4-9,12H2,1-3H3. The molecule has 2 N–H and O–H groups in total. The van der Waals surface area contributed by atoms with Crippen molar-refractivity contribution in [2.24, 2.45) is 11.1 Å². The maximum Gasteiger partial charge on any atom is 0.00503 e. The van der Waals surface area contributed by atoms with E-state index in [0.717, 1.165) is 6.42 Å². The summed E-state index contributed by atoms with van der Waals surface area (Å²) < 4.78 is 0. The lowest BCUT2D eigenvalue weighted by molar-refractivity contribution is -0.00711. The van der Waals surface area contributed by atoms with Gasteiger partial charge in [0.05, 0.1) is 0 Å². The van der Waals surface area contributed by atoms with Crippen LogP contribution in [0, 0.1) is 5.41 Å².